The van der Waals surface area contributed by atoms with Crippen LogP contribution in [0.5, 0.6) is 0 Å². The number of aryl methyl sites for hydroxylation is 1. The number of aliphatic carboxylic acids is 1. The molecule has 1 aliphatic rings. The summed E-state index contributed by atoms with van der Waals surface area (Å²) in [7, 11) is 2.08. The van der Waals surface area contributed by atoms with Gasteiger partial charge < -0.3 is 15.7 Å². The van der Waals surface area contributed by atoms with E-state index in [0.29, 0.717) is 12.2 Å². The van der Waals surface area contributed by atoms with Crippen LogP contribution in [0.3, 0.4) is 0 Å². The molecule has 0 spiro atoms. The van der Waals surface area contributed by atoms with Gasteiger partial charge in [-0.2, -0.15) is 5.10 Å². The molecule has 0 aliphatic carbocycles. The van der Waals surface area contributed by atoms with Crippen molar-refractivity contribution in [3.05, 3.63) is 35.5 Å². The third kappa shape index (κ3) is 2.82. The second-order valence-electron chi connectivity index (χ2n) is 5.75. The fraction of sp³-hybridized carbons (Fsp3) is 0.375. The summed E-state index contributed by atoms with van der Waals surface area (Å²) in [4.78, 5) is 13.1. The number of benzene rings is 1. The van der Waals surface area contributed by atoms with Crippen LogP contribution in [0.4, 0.5) is 5.69 Å². The quantitative estimate of drug-likeness (QED) is 0.838. The van der Waals surface area contributed by atoms with Gasteiger partial charge in [-0.15, -0.1) is 0 Å². The molecule has 22 heavy (non-hydrogen) atoms. The average molecular weight is 300 g/mol. The summed E-state index contributed by atoms with van der Waals surface area (Å²) in [5.74, 6) is -0.803. The summed E-state index contributed by atoms with van der Waals surface area (Å²) in [6.45, 7) is 2.19. The van der Waals surface area contributed by atoms with Crippen LogP contribution in [0.2, 0.25) is 0 Å². The van der Waals surface area contributed by atoms with Crippen LogP contribution in [0, 0.1) is 0 Å². The number of hydrogen-bond donors (Lipinski definition) is 2. The fourth-order valence-electron chi connectivity index (χ4n) is 2.93. The van der Waals surface area contributed by atoms with Gasteiger partial charge in [-0.05, 0) is 19.2 Å². The highest BCUT2D eigenvalue weighted by atomic mass is 16.4. The Morgan fingerprint density at radius 1 is 1.45 bits per heavy atom. The zero-order chi connectivity index (χ0) is 15.7. The zero-order valence-electron chi connectivity index (χ0n) is 12.6. The molecule has 1 aromatic heterocycles. The van der Waals surface area contributed by atoms with Crippen molar-refractivity contribution in [3.8, 4) is 11.3 Å². The van der Waals surface area contributed by atoms with E-state index < -0.39 is 5.97 Å². The molecule has 0 saturated heterocycles. The number of carboxylic acids is 1. The van der Waals surface area contributed by atoms with Gasteiger partial charge in [0.2, 0.25) is 0 Å². The largest absolute Gasteiger partial charge is 0.481 e. The molecular formula is C16H20N4O2. The standard InChI is InChI=1S/C16H20N4O2/c1-19-7-5-14-13(10-19)16(11-3-2-4-12(17)9-11)18-20(14)8-6-15(21)22/h2-4,9H,5-8,10,17H2,1H3,(H,21,22). The molecule has 0 radical (unpaired) electrons. The van der Waals surface area contributed by atoms with Crippen molar-refractivity contribution in [1.82, 2.24) is 14.7 Å². The summed E-state index contributed by atoms with van der Waals surface area (Å²) in [6, 6.07) is 7.68. The highest BCUT2D eigenvalue weighted by Crippen LogP contribution is 2.30. The molecule has 0 atom stereocenters. The number of likely N-dealkylation sites (N-methyl/N-ethyl adjacent to an activating group) is 1. The molecule has 6 heteroatoms. The molecule has 116 valence electrons. The Bertz CT molecular complexity index is 708. The minimum atomic E-state index is -0.803. The van der Waals surface area contributed by atoms with E-state index in [4.69, 9.17) is 10.8 Å². The van der Waals surface area contributed by atoms with Crippen molar-refractivity contribution in [1.29, 1.82) is 0 Å². The lowest BCUT2D eigenvalue weighted by Crippen LogP contribution is -2.27. The Morgan fingerprint density at radius 3 is 3.00 bits per heavy atom. The molecule has 0 amide bonds. The topological polar surface area (TPSA) is 84.4 Å². The molecule has 1 aromatic carbocycles. The maximum atomic E-state index is 10.8. The third-order valence-corrected chi connectivity index (χ3v) is 4.02. The lowest BCUT2D eigenvalue weighted by atomic mass is 10.0. The van der Waals surface area contributed by atoms with Crippen LogP contribution in [0.15, 0.2) is 24.3 Å². The number of carboxylic acid groups (broad SMARTS) is 1. The van der Waals surface area contributed by atoms with Gasteiger partial charge in [0.25, 0.3) is 0 Å². The van der Waals surface area contributed by atoms with Gasteiger partial charge in [0.15, 0.2) is 0 Å². The molecule has 3 rings (SSSR count). The first-order valence-electron chi connectivity index (χ1n) is 7.39. The number of rotatable bonds is 4. The molecule has 0 bridgehead atoms. The number of carbonyl (C=O) groups is 1. The van der Waals surface area contributed by atoms with Gasteiger partial charge >= 0.3 is 5.97 Å². The van der Waals surface area contributed by atoms with Crippen LogP contribution < -0.4 is 5.73 Å². The van der Waals surface area contributed by atoms with E-state index in [1.807, 2.05) is 28.9 Å². The second-order valence-corrected chi connectivity index (χ2v) is 5.75. The normalized spacial score (nSPS) is 14.8. The van der Waals surface area contributed by atoms with Gasteiger partial charge in [-0.25, -0.2) is 0 Å². The molecule has 0 unspecified atom stereocenters. The number of nitrogens with two attached hydrogens (primary N) is 1. The number of hydrogen-bond acceptors (Lipinski definition) is 4. The SMILES string of the molecule is CN1CCc2c(c(-c3cccc(N)c3)nn2CCC(=O)O)C1. The Hall–Kier alpha value is -2.34. The smallest absolute Gasteiger partial charge is 0.305 e. The summed E-state index contributed by atoms with van der Waals surface area (Å²) in [5.41, 5.74) is 10.8. The van der Waals surface area contributed by atoms with Crippen LogP contribution in [0.1, 0.15) is 17.7 Å². The minimum Gasteiger partial charge on any atom is -0.481 e. The summed E-state index contributed by atoms with van der Waals surface area (Å²) < 4.78 is 1.86. The molecule has 2 aromatic rings. The van der Waals surface area contributed by atoms with Gasteiger partial charge in [-0.3, -0.25) is 9.48 Å². The number of nitrogens with zero attached hydrogens (tertiary/aromatic N) is 3. The zero-order valence-corrected chi connectivity index (χ0v) is 12.6. The first-order chi connectivity index (χ1) is 10.5. The molecule has 2 heterocycles. The van der Waals surface area contributed by atoms with Crippen LogP contribution in [-0.4, -0.2) is 39.3 Å². The highest BCUT2D eigenvalue weighted by molar-refractivity contribution is 5.68. The van der Waals surface area contributed by atoms with Crippen molar-refractivity contribution < 1.29 is 9.90 Å². The van der Waals surface area contributed by atoms with Crippen LogP contribution in [-0.2, 0) is 24.3 Å². The summed E-state index contributed by atoms with van der Waals surface area (Å²) >= 11 is 0. The summed E-state index contributed by atoms with van der Waals surface area (Å²) in [6.07, 6.45) is 0.973. The van der Waals surface area contributed by atoms with E-state index in [1.54, 1.807) is 0 Å². The number of fused-ring (bicyclic) bond motifs is 1. The van der Waals surface area contributed by atoms with Crippen LogP contribution >= 0.6 is 0 Å². The summed E-state index contributed by atoms with van der Waals surface area (Å²) in [5, 5.41) is 13.6. The first-order valence-corrected chi connectivity index (χ1v) is 7.39. The molecule has 0 fully saturated rings. The van der Waals surface area contributed by atoms with Crippen molar-refractivity contribution >= 4 is 11.7 Å². The number of aromatic nitrogens is 2. The maximum absolute atomic E-state index is 10.8. The van der Waals surface area contributed by atoms with Crippen molar-refractivity contribution in [2.75, 3.05) is 19.3 Å². The Kier molecular flexibility index (Phi) is 3.85. The molecule has 1 aliphatic heterocycles. The first kappa shape index (κ1) is 14.6. The molecule has 0 saturated carbocycles. The number of anilines is 1. The van der Waals surface area contributed by atoms with E-state index >= 15 is 0 Å². The van der Waals surface area contributed by atoms with Gasteiger partial charge in [0, 0.05) is 42.0 Å². The fourth-order valence-corrected chi connectivity index (χ4v) is 2.93. The second kappa shape index (κ2) is 5.81. The van der Waals surface area contributed by atoms with Crippen molar-refractivity contribution in [2.45, 2.75) is 25.9 Å². The van der Waals surface area contributed by atoms with E-state index in [2.05, 4.69) is 17.0 Å². The van der Waals surface area contributed by atoms with E-state index in [9.17, 15) is 4.79 Å². The molecule has 3 N–H and O–H groups in total. The van der Waals surface area contributed by atoms with Crippen molar-refractivity contribution in [2.24, 2.45) is 0 Å². The lowest BCUT2D eigenvalue weighted by Gasteiger charge is -2.23. The average Bonchev–Trinajstić information content (AvgIpc) is 2.83. The lowest BCUT2D eigenvalue weighted by molar-refractivity contribution is -0.137. The number of nitrogen functional groups attached to an aromatic ring is 1. The maximum Gasteiger partial charge on any atom is 0.305 e. The van der Waals surface area contributed by atoms with Crippen molar-refractivity contribution in [3.63, 3.8) is 0 Å². The predicted molar refractivity (Wildman–Crippen MR) is 84.4 cm³/mol. The Morgan fingerprint density at radius 2 is 2.27 bits per heavy atom. The minimum absolute atomic E-state index is 0.0837. The Labute approximate surface area is 129 Å². The van der Waals surface area contributed by atoms with Gasteiger partial charge in [0.05, 0.1) is 18.7 Å². The van der Waals surface area contributed by atoms with E-state index in [1.165, 1.54) is 5.56 Å². The van der Waals surface area contributed by atoms with Crippen LogP contribution in [0.25, 0.3) is 11.3 Å². The molecular weight excluding hydrogens is 280 g/mol. The van der Waals surface area contributed by atoms with Gasteiger partial charge in [0.1, 0.15) is 0 Å². The molecule has 6 nitrogen and oxygen atoms in total. The Balaban J connectivity index is 2.04. The third-order valence-electron chi connectivity index (χ3n) is 4.02. The van der Waals surface area contributed by atoms with E-state index in [-0.39, 0.29) is 6.42 Å². The monoisotopic (exact) mass is 300 g/mol. The predicted octanol–water partition coefficient (Wildman–Crippen LogP) is 1.59. The highest BCUT2D eigenvalue weighted by Gasteiger charge is 2.24. The van der Waals surface area contributed by atoms with Gasteiger partial charge in [-0.1, -0.05) is 12.1 Å². The van der Waals surface area contributed by atoms with E-state index in [0.717, 1.165) is 36.5 Å².